The van der Waals surface area contributed by atoms with E-state index in [2.05, 4.69) is 4.90 Å². The molecule has 0 amide bonds. The Morgan fingerprint density at radius 2 is 2.00 bits per heavy atom. The van der Waals surface area contributed by atoms with Crippen molar-refractivity contribution in [1.29, 1.82) is 0 Å². The van der Waals surface area contributed by atoms with E-state index in [-0.39, 0.29) is 0 Å². The first kappa shape index (κ1) is 5.86. The number of hydrogen-bond acceptors (Lipinski definition) is 2. The fourth-order valence-electron chi connectivity index (χ4n) is 1.59. The molecule has 52 valence electrons. The molecule has 3 aliphatic heterocycles. The van der Waals surface area contributed by atoms with Crippen molar-refractivity contribution >= 4 is 10.8 Å². The summed E-state index contributed by atoms with van der Waals surface area (Å²) in [5, 5.41) is 0.551. The Bertz CT molecular complexity index is 140. The predicted molar refractivity (Wildman–Crippen MR) is 37.6 cm³/mol. The number of nitrogens with zero attached hydrogens (tertiary/aromatic N) is 1. The highest BCUT2D eigenvalue weighted by Crippen LogP contribution is 2.22. The van der Waals surface area contributed by atoms with Gasteiger partial charge < -0.3 is 0 Å². The standard InChI is InChI=1S/C6H11NOS/c8-9-5-7-3-1-6(9)2-4-7/h6H,1-5H2/t9-/m0/s1. The van der Waals surface area contributed by atoms with Gasteiger partial charge in [-0.05, 0) is 12.8 Å². The molecule has 3 heteroatoms. The molecule has 0 radical (unpaired) electrons. The highest BCUT2D eigenvalue weighted by atomic mass is 32.2. The van der Waals surface area contributed by atoms with Crippen LogP contribution in [0.25, 0.3) is 0 Å². The third-order valence-corrected chi connectivity index (χ3v) is 4.05. The van der Waals surface area contributed by atoms with Gasteiger partial charge in [0.05, 0.1) is 5.88 Å². The summed E-state index contributed by atoms with van der Waals surface area (Å²) in [7, 11) is -0.502. The molecule has 9 heavy (non-hydrogen) atoms. The summed E-state index contributed by atoms with van der Waals surface area (Å²) in [5.74, 6) is 0.852. The minimum Gasteiger partial charge on any atom is -0.292 e. The van der Waals surface area contributed by atoms with Crippen LogP contribution in [0.3, 0.4) is 0 Å². The Morgan fingerprint density at radius 1 is 1.33 bits per heavy atom. The Labute approximate surface area is 57.7 Å². The molecule has 0 spiro atoms. The fraction of sp³-hybridized carbons (Fsp3) is 1.00. The number of piperidine rings is 1. The van der Waals surface area contributed by atoms with E-state index in [4.69, 9.17) is 0 Å². The van der Waals surface area contributed by atoms with E-state index in [9.17, 15) is 4.21 Å². The Kier molecular flexibility index (Phi) is 1.34. The van der Waals surface area contributed by atoms with E-state index in [0.717, 1.165) is 5.88 Å². The minimum absolute atomic E-state index is 0.502. The summed E-state index contributed by atoms with van der Waals surface area (Å²) in [5.41, 5.74) is 0. The van der Waals surface area contributed by atoms with E-state index in [0.29, 0.717) is 5.25 Å². The van der Waals surface area contributed by atoms with Crippen molar-refractivity contribution in [2.24, 2.45) is 0 Å². The summed E-state index contributed by atoms with van der Waals surface area (Å²) in [6.45, 7) is 2.38. The van der Waals surface area contributed by atoms with Crippen molar-refractivity contribution in [2.45, 2.75) is 18.1 Å². The molecule has 0 saturated carbocycles. The third-order valence-electron chi connectivity index (χ3n) is 2.22. The van der Waals surface area contributed by atoms with Crippen LogP contribution in [0.5, 0.6) is 0 Å². The van der Waals surface area contributed by atoms with E-state index in [1.165, 1.54) is 25.9 Å². The van der Waals surface area contributed by atoms with E-state index < -0.39 is 10.8 Å². The first-order chi connectivity index (χ1) is 4.36. The lowest BCUT2D eigenvalue weighted by Gasteiger charge is -2.37. The maximum absolute atomic E-state index is 11.1. The highest BCUT2D eigenvalue weighted by Gasteiger charge is 2.30. The molecule has 3 rings (SSSR count). The minimum atomic E-state index is -0.502. The molecule has 3 aliphatic rings. The molecule has 1 atom stereocenters. The van der Waals surface area contributed by atoms with Gasteiger partial charge in [-0.15, -0.1) is 0 Å². The quantitative estimate of drug-likeness (QED) is 0.484. The summed E-state index contributed by atoms with van der Waals surface area (Å²) in [6.07, 6.45) is 2.35. The number of hydrogen-bond donors (Lipinski definition) is 0. The second-order valence-corrected chi connectivity index (χ2v) is 4.51. The highest BCUT2D eigenvalue weighted by molar-refractivity contribution is 7.85. The molecule has 3 fully saturated rings. The van der Waals surface area contributed by atoms with Gasteiger partial charge in [0.25, 0.3) is 0 Å². The Morgan fingerprint density at radius 3 is 2.22 bits per heavy atom. The van der Waals surface area contributed by atoms with E-state index >= 15 is 0 Å². The van der Waals surface area contributed by atoms with Gasteiger partial charge in [-0.25, -0.2) is 0 Å². The van der Waals surface area contributed by atoms with Crippen LogP contribution >= 0.6 is 0 Å². The normalized spacial score (nSPS) is 49.6. The first-order valence-electron chi connectivity index (χ1n) is 3.46. The van der Waals surface area contributed by atoms with E-state index in [1.54, 1.807) is 0 Å². The lowest BCUT2D eigenvalue weighted by atomic mass is 10.1. The summed E-state index contributed by atoms with van der Waals surface area (Å²) in [4.78, 5) is 2.30. The molecular weight excluding hydrogens is 134 g/mol. The Balaban J connectivity index is 2.15. The molecule has 2 nitrogen and oxygen atoms in total. The number of fused-ring (bicyclic) bond motifs is 3. The van der Waals surface area contributed by atoms with E-state index in [1.807, 2.05) is 0 Å². The van der Waals surface area contributed by atoms with Crippen molar-refractivity contribution in [2.75, 3.05) is 19.0 Å². The molecule has 0 unspecified atom stereocenters. The zero-order valence-electron chi connectivity index (χ0n) is 5.38. The van der Waals surface area contributed by atoms with Gasteiger partial charge in [-0.2, -0.15) is 0 Å². The molecular formula is C6H11NOS. The van der Waals surface area contributed by atoms with Crippen molar-refractivity contribution < 1.29 is 4.21 Å². The second kappa shape index (κ2) is 2.06. The molecule has 0 N–H and O–H groups in total. The van der Waals surface area contributed by atoms with Gasteiger partial charge in [-0.3, -0.25) is 9.11 Å². The topological polar surface area (TPSA) is 20.3 Å². The largest absolute Gasteiger partial charge is 0.292 e. The summed E-state index contributed by atoms with van der Waals surface area (Å²) < 4.78 is 11.1. The van der Waals surface area contributed by atoms with Crippen LogP contribution in [0.4, 0.5) is 0 Å². The smallest absolute Gasteiger partial charge is 0.0750 e. The van der Waals surface area contributed by atoms with Gasteiger partial charge >= 0.3 is 0 Å². The maximum Gasteiger partial charge on any atom is 0.0750 e. The lowest BCUT2D eigenvalue weighted by molar-refractivity contribution is 0.246. The molecule has 2 bridgehead atoms. The SMILES string of the molecule is O=[S@]1CN2CCC1CC2. The van der Waals surface area contributed by atoms with Crippen molar-refractivity contribution in [1.82, 2.24) is 4.90 Å². The average molecular weight is 145 g/mol. The van der Waals surface area contributed by atoms with Crippen LogP contribution in [-0.2, 0) is 10.8 Å². The predicted octanol–water partition coefficient (Wildman–Crippen LogP) is 0.171. The Hall–Kier alpha value is 0.110. The second-order valence-electron chi connectivity index (χ2n) is 2.83. The molecule has 0 aromatic rings. The fourth-order valence-corrected chi connectivity index (χ4v) is 3.15. The molecule has 3 saturated heterocycles. The molecule has 0 aliphatic carbocycles. The van der Waals surface area contributed by atoms with Gasteiger partial charge in [0.2, 0.25) is 0 Å². The summed E-state index contributed by atoms with van der Waals surface area (Å²) in [6, 6.07) is 0. The van der Waals surface area contributed by atoms with Gasteiger partial charge in [0.15, 0.2) is 0 Å². The monoisotopic (exact) mass is 145 g/mol. The van der Waals surface area contributed by atoms with Crippen LogP contribution in [0, 0.1) is 0 Å². The van der Waals surface area contributed by atoms with Crippen LogP contribution < -0.4 is 0 Å². The van der Waals surface area contributed by atoms with Crippen LogP contribution in [0.2, 0.25) is 0 Å². The summed E-state index contributed by atoms with van der Waals surface area (Å²) >= 11 is 0. The van der Waals surface area contributed by atoms with Crippen LogP contribution in [-0.4, -0.2) is 33.3 Å². The van der Waals surface area contributed by atoms with Crippen molar-refractivity contribution in [3.8, 4) is 0 Å². The maximum atomic E-state index is 11.1. The first-order valence-corrected chi connectivity index (χ1v) is 4.84. The lowest BCUT2D eigenvalue weighted by Crippen LogP contribution is -2.47. The van der Waals surface area contributed by atoms with Gasteiger partial charge in [0, 0.05) is 29.1 Å². The van der Waals surface area contributed by atoms with Crippen LogP contribution in [0.1, 0.15) is 12.8 Å². The number of rotatable bonds is 0. The zero-order valence-corrected chi connectivity index (χ0v) is 6.19. The average Bonchev–Trinajstić information content (AvgIpc) is 1.90. The van der Waals surface area contributed by atoms with Gasteiger partial charge in [-0.1, -0.05) is 0 Å². The molecule has 0 aromatic carbocycles. The van der Waals surface area contributed by atoms with Crippen molar-refractivity contribution in [3.63, 3.8) is 0 Å². The van der Waals surface area contributed by atoms with Gasteiger partial charge in [0.1, 0.15) is 0 Å². The van der Waals surface area contributed by atoms with Crippen molar-refractivity contribution in [3.05, 3.63) is 0 Å². The molecule has 0 aromatic heterocycles. The third kappa shape index (κ3) is 0.923. The zero-order chi connectivity index (χ0) is 6.27. The molecule has 3 heterocycles. The van der Waals surface area contributed by atoms with Crippen LogP contribution in [0.15, 0.2) is 0 Å².